The predicted octanol–water partition coefficient (Wildman–Crippen LogP) is 5.40. The van der Waals surface area contributed by atoms with Crippen molar-refractivity contribution in [2.75, 3.05) is 0 Å². The van der Waals surface area contributed by atoms with Crippen molar-refractivity contribution in [2.45, 2.75) is 13.8 Å². The van der Waals surface area contributed by atoms with E-state index < -0.39 is 0 Å². The predicted molar refractivity (Wildman–Crippen MR) is 148 cm³/mol. The van der Waals surface area contributed by atoms with Crippen molar-refractivity contribution in [3.05, 3.63) is 115 Å². The molecule has 6 aromatic rings. The SMILES string of the molecule is Cc1ccc(C)c(-c2nn(-c3ccccc3)cc2/C=c2\sc3nc(/C=C/c4cccs4)nn3c2=O)c1. The maximum Gasteiger partial charge on any atom is 0.291 e. The van der Waals surface area contributed by atoms with Gasteiger partial charge in [-0.3, -0.25) is 4.79 Å². The van der Waals surface area contributed by atoms with E-state index in [4.69, 9.17) is 5.10 Å². The maximum absolute atomic E-state index is 13.2. The van der Waals surface area contributed by atoms with Crippen molar-refractivity contribution in [1.82, 2.24) is 24.4 Å². The first-order chi connectivity index (χ1) is 17.5. The molecule has 0 atom stereocenters. The van der Waals surface area contributed by atoms with Gasteiger partial charge in [-0.15, -0.1) is 16.4 Å². The Hall–Kier alpha value is -4.14. The minimum Gasteiger partial charge on any atom is -0.266 e. The summed E-state index contributed by atoms with van der Waals surface area (Å²) in [5.74, 6) is 0.520. The fraction of sp³-hybridized carbons (Fsp3) is 0.0714. The number of aromatic nitrogens is 5. The molecule has 0 spiro atoms. The summed E-state index contributed by atoms with van der Waals surface area (Å²) >= 11 is 2.97. The van der Waals surface area contributed by atoms with Crippen molar-refractivity contribution < 1.29 is 0 Å². The van der Waals surface area contributed by atoms with Gasteiger partial charge in [0, 0.05) is 22.2 Å². The van der Waals surface area contributed by atoms with Crippen molar-refractivity contribution >= 4 is 45.9 Å². The monoisotopic (exact) mass is 507 g/mol. The minimum absolute atomic E-state index is 0.183. The molecule has 0 saturated carbocycles. The number of nitrogens with zero attached hydrogens (tertiary/aromatic N) is 5. The van der Waals surface area contributed by atoms with Gasteiger partial charge in [-0.1, -0.05) is 53.3 Å². The Labute approximate surface area is 215 Å². The van der Waals surface area contributed by atoms with E-state index in [1.165, 1.54) is 15.9 Å². The highest BCUT2D eigenvalue weighted by Gasteiger charge is 2.15. The smallest absolute Gasteiger partial charge is 0.266 e. The lowest BCUT2D eigenvalue weighted by Gasteiger charge is -2.05. The molecule has 0 fully saturated rings. The van der Waals surface area contributed by atoms with Crippen LogP contribution in [-0.4, -0.2) is 24.4 Å². The second-order valence-electron chi connectivity index (χ2n) is 8.46. The highest BCUT2D eigenvalue weighted by molar-refractivity contribution is 7.15. The highest BCUT2D eigenvalue weighted by atomic mass is 32.1. The summed E-state index contributed by atoms with van der Waals surface area (Å²) in [6.07, 6.45) is 7.65. The standard InChI is InChI=1S/C28H21N5OS2/c1-18-10-11-19(2)23(15-18)26-20(17-32(31-26)21-7-4-3-5-8-21)16-24-27(34)33-28(36-24)29-25(30-33)13-12-22-9-6-14-35-22/h3-17H,1-2H3/b13-12+,24-16-. The summed E-state index contributed by atoms with van der Waals surface area (Å²) in [5.41, 5.74) is 5.80. The summed E-state index contributed by atoms with van der Waals surface area (Å²) in [5, 5.41) is 11.4. The van der Waals surface area contributed by atoms with Crippen LogP contribution in [0.25, 0.3) is 40.1 Å². The minimum atomic E-state index is -0.183. The molecule has 36 heavy (non-hydrogen) atoms. The van der Waals surface area contributed by atoms with Crippen molar-refractivity contribution in [1.29, 1.82) is 0 Å². The molecule has 4 heterocycles. The number of thiazole rings is 1. The number of rotatable bonds is 5. The van der Waals surface area contributed by atoms with Gasteiger partial charge in [-0.05, 0) is 67.3 Å². The lowest BCUT2D eigenvalue weighted by molar-refractivity contribution is 0.884. The third-order valence-corrected chi connectivity index (χ3v) is 7.63. The van der Waals surface area contributed by atoms with Crippen LogP contribution in [-0.2, 0) is 0 Å². The van der Waals surface area contributed by atoms with Gasteiger partial charge in [-0.2, -0.15) is 14.6 Å². The van der Waals surface area contributed by atoms with Crippen LogP contribution in [0.1, 0.15) is 27.4 Å². The molecule has 0 aliphatic carbocycles. The van der Waals surface area contributed by atoms with Gasteiger partial charge in [0.1, 0.15) is 5.69 Å². The molecule has 0 radical (unpaired) electrons. The second kappa shape index (κ2) is 9.14. The summed E-state index contributed by atoms with van der Waals surface area (Å²) in [7, 11) is 0. The van der Waals surface area contributed by atoms with E-state index in [1.54, 1.807) is 11.3 Å². The van der Waals surface area contributed by atoms with Gasteiger partial charge in [0.05, 0.1) is 10.2 Å². The van der Waals surface area contributed by atoms with Crippen LogP contribution in [0.15, 0.2) is 77.0 Å². The van der Waals surface area contributed by atoms with E-state index in [0.29, 0.717) is 15.3 Å². The van der Waals surface area contributed by atoms with E-state index in [9.17, 15) is 4.79 Å². The third kappa shape index (κ3) is 4.21. The van der Waals surface area contributed by atoms with Crippen LogP contribution in [0.2, 0.25) is 0 Å². The topological polar surface area (TPSA) is 65.1 Å². The Kier molecular flexibility index (Phi) is 5.67. The Bertz CT molecular complexity index is 1830. The zero-order valence-electron chi connectivity index (χ0n) is 19.6. The molecular formula is C28H21N5OS2. The van der Waals surface area contributed by atoms with E-state index in [0.717, 1.165) is 38.5 Å². The Morgan fingerprint density at radius 3 is 2.58 bits per heavy atom. The van der Waals surface area contributed by atoms with Gasteiger partial charge in [-0.25, -0.2) is 4.68 Å². The number of fused-ring (bicyclic) bond motifs is 1. The summed E-state index contributed by atoms with van der Waals surface area (Å²) in [4.78, 5) is 19.4. The molecule has 0 saturated heterocycles. The Morgan fingerprint density at radius 2 is 1.81 bits per heavy atom. The van der Waals surface area contributed by atoms with E-state index in [2.05, 4.69) is 42.1 Å². The molecule has 6 rings (SSSR count). The fourth-order valence-corrected chi connectivity index (χ4v) is 5.53. The number of thiophene rings is 1. The average molecular weight is 508 g/mol. The molecule has 0 aliphatic rings. The molecule has 0 N–H and O–H groups in total. The van der Waals surface area contributed by atoms with E-state index >= 15 is 0 Å². The van der Waals surface area contributed by atoms with E-state index in [1.807, 2.05) is 77.0 Å². The van der Waals surface area contributed by atoms with Crippen LogP contribution in [0.5, 0.6) is 0 Å². The first kappa shape index (κ1) is 22.3. The van der Waals surface area contributed by atoms with Crippen LogP contribution in [0.3, 0.4) is 0 Å². The van der Waals surface area contributed by atoms with Gasteiger partial charge < -0.3 is 0 Å². The van der Waals surface area contributed by atoms with Crippen LogP contribution >= 0.6 is 22.7 Å². The number of benzene rings is 2. The summed E-state index contributed by atoms with van der Waals surface area (Å²) < 4.78 is 3.81. The molecule has 2 aromatic carbocycles. The van der Waals surface area contributed by atoms with E-state index in [-0.39, 0.29) is 5.56 Å². The molecule has 0 amide bonds. The molecule has 0 aliphatic heterocycles. The average Bonchev–Trinajstić information content (AvgIpc) is 3.67. The largest absolute Gasteiger partial charge is 0.291 e. The molecule has 176 valence electrons. The normalized spacial score (nSPS) is 12.3. The third-order valence-electron chi connectivity index (χ3n) is 5.84. The Balaban J connectivity index is 1.47. The molecule has 0 unspecified atom stereocenters. The summed E-state index contributed by atoms with van der Waals surface area (Å²) in [6, 6.07) is 20.3. The van der Waals surface area contributed by atoms with Crippen LogP contribution in [0, 0.1) is 13.8 Å². The number of aryl methyl sites for hydroxylation is 2. The first-order valence-corrected chi connectivity index (χ1v) is 13.1. The lowest BCUT2D eigenvalue weighted by Crippen LogP contribution is -2.23. The first-order valence-electron chi connectivity index (χ1n) is 11.4. The van der Waals surface area contributed by atoms with Gasteiger partial charge >= 0.3 is 0 Å². The van der Waals surface area contributed by atoms with Gasteiger partial charge in [0.15, 0.2) is 5.82 Å². The lowest BCUT2D eigenvalue weighted by atomic mass is 10.0. The molecule has 4 aromatic heterocycles. The Morgan fingerprint density at radius 1 is 0.944 bits per heavy atom. The molecule has 6 nitrogen and oxygen atoms in total. The number of hydrogen-bond acceptors (Lipinski definition) is 6. The highest BCUT2D eigenvalue weighted by Crippen LogP contribution is 2.28. The number of para-hydroxylation sites is 1. The van der Waals surface area contributed by atoms with Gasteiger partial charge in [0.2, 0.25) is 4.96 Å². The maximum atomic E-state index is 13.2. The summed E-state index contributed by atoms with van der Waals surface area (Å²) in [6.45, 7) is 4.15. The fourth-order valence-electron chi connectivity index (χ4n) is 4.01. The zero-order chi connectivity index (χ0) is 24.6. The number of hydrogen-bond donors (Lipinski definition) is 0. The molecule has 0 bridgehead atoms. The quantitative estimate of drug-likeness (QED) is 0.313. The van der Waals surface area contributed by atoms with Crippen LogP contribution < -0.4 is 10.1 Å². The van der Waals surface area contributed by atoms with Crippen LogP contribution in [0.4, 0.5) is 0 Å². The van der Waals surface area contributed by atoms with Gasteiger partial charge in [0.25, 0.3) is 5.56 Å². The zero-order valence-corrected chi connectivity index (χ0v) is 21.3. The second-order valence-corrected chi connectivity index (χ2v) is 10.4. The van der Waals surface area contributed by atoms with Crippen molar-refractivity contribution in [3.63, 3.8) is 0 Å². The molecule has 8 heteroatoms. The molecular weight excluding hydrogens is 486 g/mol. The van der Waals surface area contributed by atoms with Crippen molar-refractivity contribution in [2.24, 2.45) is 0 Å². The van der Waals surface area contributed by atoms with Crippen molar-refractivity contribution in [3.8, 4) is 16.9 Å².